The van der Waals surface area contributed by atoms with Crippen molar-refractivity contribution >= 4 is 32.8 Å². The monoisotopic (exact) mass is 1070 g/mol. The van der Waals surface area contributed by atoms with E-state index in [0.717, 1.165) is 61.0 Å². The van der Waals surface area contributed by atoms with Gasteiger partial charge >= 0.3 is 0 Å². The number of para-hydroxylation sites is 3. The fourth-order valence-electron chi connectivity index (χ4n) is 11.7. The summed E-state index contributed by atoms with van der Waals surface area (Å²) in [6.07, 6.45) is -3.59. The quantitative estimate of drug-likeness (QED) is 0.123. The number of fused-ring (bicyclic) bond motifs is 11. The summed E-state index contributed by atoms with van der Waals surface area (Å²) in [4.78, 5) is 4.87. The van der Waals surface area contributed by atoms with Crippen LogP contribution in [0.1, 0.15) is 130 Å². The highest BCUT2D eigenvalue weighted by molar-refractivity contribution is 6.09. The van der Waals surface area contributed by atoms with E-state index < -0.39 is 85.8 Å². The molecule has 0 atom stereocenters. The number of imidazole rings is 1. The molecular weight excluding hydrogens is 985 g/mol. The highest BCUT2D eigenvalue weighted by atomic mass is 16.5. The Labute approximate surface area is 503 Å². The van der Waals surface area contributed by atoms with E-state index in [9.17, 15) is 9.60 Å². The molecule has 5 heteroatoms. The van der Waals surface area contributed by atoms with Gasteiger partial charge in [-0.05, 0) is 167 Å². The first-order valence-electron chi connectivity index (χ1n) is 36.6. The third kappa shape index (κ3) is 8.42. The van der Waals surface area contributed by atoms with Gasteiger partial charge < -0.3 is 4.74 Å². The van der Waals surface area contributed by atoms with Gasteiger partial charge in [-0.2, -0.15) is 0 Å². The SMILES string of the molecule is [2H]c1c([2H])c2c(c([2H])c1-c1cccc3c1-[n+]1[c-]n(-c4cccc(Oc5ccc6c7ccccc7n(-c7cc(C(C)(C)C)ccn7)c6c5)c4)c4cccc(c41)-c1ccccc1-c1ccc(-c4ccc(C(C)(C)C)cc4)cc1-3)C(C([2H])([2H])[2H])(C([2H])([2H])[2H])C([2H])([2H])C([2H])([2H])C2(C([2H])([2H])[2H])C([2H])([2H])[2H]. The molecule has 0 spiro atoms. The lowest BCUT2D eigenvalue weighted by Crippen LogP contribution is -2.34. The number of aromatic nitrogens is 4. The Morgan fingerprint density at radius 3 is 1.96 bits per heavy atom. The molecule has 9 aromatic carbocycles. The number of hydrogen-bond donors (Lipinski definition) is 0. The van der Waals surface area contributed by atoms with Crippen molar-refractivity contribution < 1.29 is 35.3 Å². The highest BCUT2D eigenvalue weighted by Gasteiger charge is 2.38. The minimum absolute atomic E-state index is 0.105. The molecule has 0 N–H and O–H groups in total. The van der Waals surface area contributed by atoms with Gasteiger partial charge in [-0.15, -0.1) is 0 Å². The van der Waals surface area contributed by atoms with Crippen molar-refractivity contribution in [3.8, 4) is 84.3 Å². The first-order valence-corrected chi connectivity index (χ1v) is 27.1. The molecule has 0 radical (unpaired) electrons. The van der Waals surface area contributed by atoms with E-state index in [-0.39, 0.29) is 22.1 Å². The predicted octanol–water partition coefficient (Wildman–Crippen LogP) is 19.6. The minimum Gasteiger partial charge on any atom is -0.458 e. The summed E-state index contributed by atoms with van der Waals surface area (Å²) in [6.45, 7) is -4.18. The van der Waals surface area contributed by atoms with Crippen molar-refractivity contribution in [2.75, 3.05) is 0 Å². The minimum atomic E-state index is -4.53. The van der Waals surface area contributed by atoms with Crippen LogP contribution in [0.25, 0.3) is 106 Å². The van der Waals surface area contributed by atoms with Crippen molar-refractivity contribution in [2.24, 2.45) is 0 Å². The van der Waals surface area contributed by atoms with Gasteiger partial charge in [0, 0.05) is 45.0 Å². The number of hydrogen-bond acceptors (Lipinski definition) is 2. The van der Waals surface area contributed by atoms with Gasteiger partial charge in [-0.3, -0.25) is 13.7 Å². The van der Waals surface area contributed by atoms with Gasteiger partial charge in [-0.25, -0.2) is 4.98 Å². The van der Waals surface area contributed by atoms with Gasteiger partial charge in [0.25, 0.3) is 6.33 Å². The van der Waals surface area contributed by atoms with Gasteiger partial charge in [0.05, 0.1) is 37.6 Å². The molecule has 1 aliphatic carbocycles. The molecule has 0 saturated carbocycles. The third-order valence-electron chi connectivity index (χ3n) is 15.9. The standard InChI is InChI=1S/C76H68N4O/c1-73(2,3)51-32-28-48(29-33-51)49-30-35-59-57-20-11-12-21-58(57)62-25-17-27-68-72(62)79(71-56(23-16-24-63(71)64(59)42-49)50-31-37-65-66(43-50)76(9,10)40-39-75(65,7)8)47-78(68)53-18-15-19-54(45-53)81-55-34-36-61-60-22-13-14-26-67(60)80(69(61)46-55)70-44-52(38-41-77-70)74(4,5)6/h11-38,41-46H,39-40H2,1-10H3/i7D3,8D3,9D3,10D3,31D,37D,39D2,40D2,43D. The number of benzene rings is 9. The Hall–Kier alpha value is -8.80. The van der Waals surface area contributed by atoms with Crippen LogP contribution in [0.4, 0.5) is 0 Å². The summed E-state index contributed by atoms with van der Waals surface area (Å²) in [5.41, 5.74) is -1.90. The van der Waals surface area contributed by atoms with Crippen LogP contribution in [0.2, 0.25) is 0 Å². The van der Waals surface area contributed by atoms with E-state index in [2.05, 4.69) is 82.8 Å². The number of rotatable bonds is 6. The molecule has 398 valence electrons. The first kappa shape index (κ1) is 33.7. The summed E-state index contributed by atoms with van der Waals surface area (Å²) < 4.78 is 190. The number of ether oxygens (including phenoxy) is 1. The number of pyridine rings is 1. The van der Waals surface area contributed by atoms with Crippen LogP contribution in [-0.4, -0.2) is 14.1 Å². The molecule has 14 rings (SSSR count). The van der Waals surface area contributed by atoms with Crippen molar-refractivity contribution in [1.29, 1.82) is 0 Å². The van der Waals surface area contributed by atoms with Gasteiger partial charge in [0.15, 0.2) is 0 Å². The molecule has 0 amide bonds. The molecular formula is C76H68N4O. The fourth-order valence-corrected chi connectivity index (χ4v) is 11.7. The summed E-state index contributed by atoms with van der Waals surface area (Å²) in [5.74, 6) is 1.67. The average molecular weight is 1070 g/mol. The molecule has 3 aromatic heterocycles. The molecule has 0 saturated heterocycles. The van der Waals surface area contributed by atoms with Crippen LogP contribution in [0, 0.1) is 6.33 Å². The largest absolute Gasteiger partial charge is 0.458 e. The Bertz CT molecular complexity index is 5340. The molecule has 0 fully saturated rings. The third-order valence-corrected chi connectivity index (χ3v) is 15.9. The lowest BCUT2D eigenvalue weighted by Gasteiger charge is -2.42. The molecule has 0 bridgehead atoms. The Morgan fingerprint density at radius 1 is 0.531 bits per heavy atom. The normalized spacial score (nSPS) is 19.7. The van der Waals surface area contributed by atoms with E-state index in [1.807, 2.05) is 140 Å². The molecule has 0 unspecified atom stereocenters. The summed E-state index contributed by atoms with van der Waals surface area (Å²) in [6, 6.07) is 54.1. The van der Waals surface area contributed by atoms with Gasteiger partial charge in [0.1, 0.15) is 17.3 Å². The molecule has 2 aliphatic rings. The van der Waals surface area contributed by atoms with Crippen molar-refractivity contribution in [3.05, 3.63) is 235 Å². The Balaban J connectivity index is 1.07. The van der Waals surface area contributed by atoms with Crippen LogP contribution in [-0.2, 0) is 21.7 Å². The fraction of sp³-hybridized carbons (Fsp3) is 0.211. The maximum atomic E-state index is 10.5. The maximum absolute atomic E-state index is 10.5. The molecule has 81 heavy (non-hydrogen) atoms. The average Bonchev–Trinajstić information content (AvgIpc) is 0.748. The summed E-state index contributed by atoms with van der Waals surface area (Å²) in [5, 5.41) is 2.01. The van der Waals surface area contributed by atoms with Crippen molar-refractivity contribution in [3.63, 3.8) is 0 Å². The molecule has 5 nitrogen and oxygen atoms in total. The summed E-state index contributed by atoms with van der Waals surface area (Å²) in [7, 11) is 0. The topological polar surface area (TPSA) is 35.9 Å². The van der Waals surface area contributed by atoms with E-state index >= 15 is 0 Å². The number of nitrogens with zero attached hydrogens (tertiary/aromatic N) is 4. The lowest BCUT2D eigenvalue weighted by molar-refractivity contribution is -0.570. The van der Waals surface area contributed by atoms with Crippen molar-refractivity contribution in [2.45, 2.75) is 103 Å². The van der Waals surface area contributed by atoms with E-state index in [1.54, 1.807) is 21.3 Å². The first-order chi connectivity index (χ1) is 46.7. The summed E-state index contributed by atoms with van der Waals surface area (Å²) >= 11 is 0. The van der Waals surface area contributed by atoms with E-state index in [4.69, 9.17) is 26.2 Å². The predicted molar refractivity (Wildman–Crippen MR) is 336 cm³/mol. The maximum Gasteiger partial charge on any atom is 0.269 e. The molecule has 4 heterocycles. The highest BCUT2D eigenvalue weighted by Crippen LogP contribution is 2.50. The van der Waals surface area contributed by atoms with Crippen LogP contribution in [0.3, 0.4) is 0 Å². The zero-order chi connectivity index (χ0) is 71.9. The van der Waals surface area contributed by atoms with Crippen LogP contribution in [0.15, 0.2) is 206 Å². The van der Waals surface area contributed by atoms with Gasteiger partial charge in [0.2, 0.25) is 0 Å². The second kappa shape index (κ2) is 18.4. The van der Waals surface area contributed by atoms with E-state index in [1.165, 1.54) is 6.07 Å². The Morgan fingerprint density at radius 2 is 1.17 bits per heavy atom. The lowest BCUT2D eigenvalue weighted by atomic mass is 9.63. The van der Waals surface area contributed by atoms with E-state index in [0.29, 0.717) is 50.5 Å². The Kier molecular flexibility index (Phi) is 7.65. The second-order valence-corrected chi connectivity index (χ2v) is 23.3. The van der Waals surface area contributed by atoms with Gasteiger partial charge in [-0.1, -0.05) is 208 Å². The second-order valence-electron chi connectivity index (χ2n) is 23.3. The smallest absolute Gasteiger partial charge is 0.269 e. The zero-order valence-electron chi connectivity index (χ0n) is 64.6. The zero-order valence-corrected chi connectivity index (χ0v) is 45.6. The van der Waals surface area contributed by atoms with Crippen LogP contribution >= 0.6 is 0 Å². The molecule has 12 aromatic rings. The van der Waals surface area contributed by atoms with Crippen LogP contribution in [0.5, 0.6) is 11.5 Å². The van der Waals surface area contributed by atoms with Crippen LogP contribution < -0.4 is 9.30 Å². The van der Waals surface area contributed by atoms with Crippen molar-refractivity contribution in [1.82, 2.24) is 14.1 Å². The molecule has 1 aliphatic heterocycles.